The van der Waals surface area contributed by atoms with Crippen LogP contribution in [0.25, 0.3) is 0 Å². The fourth-order valence-electron chi connectivity index (χ4n) is 2.25. The summed E-state index contributed by atoms with van der Waals surface area (Å²) in [6.07, 6.45) is 1.93. The largest absolute Gasteiger partial charge is 0.379 e. The van der Waals surface area contributed by atoms with E-state index < -0.39 is 0 Å². The van der Waals surface area contributed by atoms with Crippen LogP contribution in [0.15, 0.2) is 29.7 Å². The number of H-pyrrole nitrogens is 1. The van der Waals surface area contributed by atoms with Gasteiger partial charge in [-0.05, 0) is 0 Å². The Morgan fingerprint density at radius 3 is 3.06 bits per heavy atom. The molecular weight excluding hydrogens is 250 g/mol. The van der Waals surface area contributed by atoms with Gasteiger partial charge in [0.05, 0.1) is 6.61 Å². The molecule has 0 aliphatic carbocycles. The predicted molar refractivity (Wildman–Crippen MR) is 71.8 cm³/mol. The van der Waals surface area contributed by atoms with Crippen LogP contribution in [0.1, 0.15) is 10.9 Å². The minimum Gasteiger partial charge on any atom is -0.379 e. The first kappa shape index (κ1) is 13.0. The predicted octanol–water partition coefficient (Wildman–Crippen LogP) is 1.19. The lowest BCUT2D eigenvalue weighted by Gasteiger charge is -2.20. The Morgan fingerprint density at radius 2 is 2.50 bits per heavy atom. The van der Waals surface area contributed by atoms with Crippen LogP contribution in [0.4, 0.5) is 0 Å². The average molecular weight is 267 g/mol. The Hall–Kier alpha value is -1.40. The van der Waals surface area contributed by atoms with E-state index in [9.17, 15) is 4.79 Å². The highest BCUT2D eigenvalue weighted by Gasteiger charge is 2.34. The SMILES string of the molecule is C=C[C@@H]1CN(C(=C)COC)C[C@@H]1c1n[nH]c(=O)s1. The highest BCUT2D eigenvalue weighted by atomic mass is 32.1. The van der Waals surface area contributed by atoms with E-state index in [1.165, 1.54) is 11.3 Å². The lowest BCUT2D eigenvalue weighted by atomic mass is 9.97. The maximum atomic E-state index is 11.2. The van der Waals surface area contributed by atoms with E-state index in [1.54, 1.807) is 7.11 Å². The second-order valence-corrected chi connectivity index (χ2v) is 5.35. The number of ether oxygens (including phenoxy) is 1. The van der Waals surface area contributed by atoms with Crippen molar-refractivity contribution in [1.29, 1.82) is 0 Å². The van der Waals surface area contributed by atoms with Crippen molar-refractivity contribution in [1.82, 2.24) is 15.1 Å². The molecule has 1 fully saturated rings. The van der Waals surface area contributed by atoms with Gasteiger partial charge in [-0.15, -0.1) is 6.58 Å². The third kappa shape index (κ3) is 2.54. The van der Waals surface area contributed by atoms with Crippen LogP contribution >= 0.6 is 11.3 Å². The number of nitrogens with one attached hydrogen (secondary N) is 1. The lowest BCUT2D eigenvalue weighted by Crippen LogP contribution is -2.22. The van der Waals surface area contributed by atoms with Crippen molar-refractivity contribution >= 4 is 11.3 Å². The van der Waals surface area contributed by atoms with E-state index in [0.29, 0.717) is 6.61 Å². The maximum absolute atomic E-state index is 11.2. The monoisotopic (exact) mass is 267 g/mol. The average Bonchev–Trinajstić information content (AvgIpc) is 2.94. The molecular formula is C12H17N3O2S. The summed E-state index contributed by atoms with van der Waals surface area (Å²) in [5.41, 5.74) is 0.953. The molecule has 0 spiro atoms. The van der Waals surface area contributed by atoms with E-state index in [1.807, 2.05) is 6.08 Å². The van der Waals surface area contributed by atoms with Gasteiger partial charge in [-0.2, -0.15) is 5.10 Å². The zero-order valence-corrected chi connectivity index (χ0v) is 11.2. The van der Waals surface area contributed by atoms with Crippen molar-refractivity contribution in [3.63, 3.8) is 0 Å². The van der Waals surface area contributed by atoms with Gasteiger partial charge in [-0.3, -0.25) is 4.79 Å². The van der Waals surface area contributed by atoms with Crippen molar-refractivity contribution in [2.75, 3.05) is 26.8 Å². The first-order valence-electron chi connectivity index (χ1n) is 5.75. The quantitative estimate of drug-likeness (QED) is 0.814. The normalized spacial score (nSPS) is 23.3. The molecule has 1 aliphatic rings. The molecule has 0 amide bonds. The summed E-state index contributed by atoms with van der Waals surface area (Å²) < 4.78 is 5.09. The number of methoxy groups -OCH3 is 1. The van der Waals surface area contributed by atoms with Gasteiger partial charge >= 0.3 is 4.87 Å². The summed E-state index contributed by atoms with van der Waals surface area (Å²) in [4.78, 5) is 13.2. The Balaban J connectivity index is 2.14. The number of aromatic amines is 1. The molecule has 1 aromatic rings. The molecule has 0 unspecified atom stereocenters. The fraction of sp³-hybridized carbons (Fsp3) is 0.500. The Kier molecular flexibility index (Phi) is 3.98. The molecule has 1 N–H and O–H groups in total. The molecule has 5 nitrogen and oxygen atoms in total. The number of hydrogen-bond acceptors (Lipinski definition) is 5. The first-order valence-corrected chi connectivity index (χ1v) is 6.57. The summed E-state index contributed by atoms with van der Waals surface area (Å²) in [6, 6.07) is 0. The van der Waals surface area contributed by atoms with Crippen molar-refractivity contribution in [3.8, 4) is 0 Å². The minimum absolute atomic E-state index is 0.109. The van der Waals surface area contributed by atoms with Gasteiger partial charge in [0.15, 0.2) is 0 Å². The maximum Gasteiger partial charge on any atom is 0.322 e. The smallest absolute Gasteiger partial charge is 0.322 e. The van der Waals surface area contributed by atoms with Crippen LogP contribution in [0.3, 0.4) is 0 Å². The third-order valence-electron chi connectivity index (χ3n) is 3.20. The topological polar surface area (TPSA) is 58.2 Å². The zero-order chi connectivity index (χ0) is 13.1. The van der Waals surface area contributed by atoms with Crippen LogP contribution in [0.2, 0.25) is 0 Å². The van der Waals surface area contributed by atoms with Crippen molar-refractivity contribution < 1.29 is 4.74 Å². The number of likely N-dealkylation sites (tertiary alicyclic amines) is 1. The van der Waals surface area contributed by atoms with Crippen molar-refractivity contribution in [3.05, 3.63) is 39.6 Å². The van der Waals surface area contributed by atoms with Gasteiger partial charge in [0, 0.05) is 37.7 Å². The van der Waals surface area contributed by atoms with E-state index in [2.05, 4.69) is 28.3 Å². The molecule has 2 atom stereocenters. The fourth-order valence-corrected chi connectivity index (χ4v) is 3.02. The van der Waals surface area contributed by atoms with E-state index >= 15 is 0 Å². The highest BCUT2D eigenvalue weighted by Crippen LogP contribution is 2.34. The molecule has 0 bridgehead atoms. The molecule has 6 heteroatoms. The number of rotatable bonds is 5. The van der Waals surface area contributed by atoms with Gasteiger partial charge in [0.25, 0.3) is 0 Å². The molecule has 0 aromatic carbocycles. The van der Waals surface area contributed by atoms with E-state index in [4.69, 9.17) is 4.74 Å². The van der Waals surface area contributed by atoms with Crippen molar-refractivity contribution in [2.24, 2.45) is 5.92 Å². The molecule has 98 valence electrons. The Morgan fingerprint density at radius 1 is 1.72 bits per heavy atom. The minimum atomic E-state index is -0.109. The molecule has 1 aliphatic heterocycles. The summed E-state index contributed by atoms with van der Waals surface area (Å²) >= 11 is 1.17. The summed E-state index contributed by atoms with van der Waals surface area (Å²) in [5.74, 6) is 0.498. The van der Waals surface area contributed by atoms with Gasteiger partial charge in [-0.25, -0.2) is 5.10 Å². The van der Waals surface area contributed by atoms with Crippen LogP contribution in [-0.2, 0) is 4.74 Å². The Labute approximate surface area is 110 Å². The van der Waals surface area contributed by atoms with Crippen LogP contribution in [0.5, 0.6) is 0 Å². The molecule has 0 saturated carbocycles. The van der Waals surface area contributed by atoms with E-state index in [0.717, 1.165) is 23.8 Å². The van der Waals surface area contributed by atoms with Gasteiger partial charge in [-0.1, -0.05) is 24.0 Å². The first-order chi connectivity index (χ1) is 8.65. The highest BCUT2D eigenvalue weighted by molar-refractivity contribution is 7.08. The summed E-state index contributed by atoms with van der Waals surface area (Å²) in [6.45, 7) is 10.1. The van der Waals surface area contributed by atoms with Crippen LogP contribution in [-0.4, -0.2) is 41.9 Å². The summed E-state index contributed by atoms with van der Waals surface area (Å²) in [5, 5.41) is 7.40. The lowest BCUT2D eigenvalue weighted by molar-refractivity contribution is 0.196. The van der Waals surface area contributed by atoms with Gasteiger partial charge < -0.3 is 9.64 Å². The number of hydrogen-bond donors (Lipinski definition) is 1. The van der Waals surface area contributed by atoms with Gasteiger partial charge in [0.1, 0.15) is 5.01 Å². The molecule has 1 saturated heterocycles. The molecule has 18 heavy (non-hydrogen) atoms. The van der Waals surface area contributed by atoms with Gasteiger partial charge in [0.2, 0.25) is 0 Å². The van der Waals surface area contributed by atoms with E-state index in [-0.39, 0.29) is 16.7 Å². The molecule has 2 rings (SSSR count). The zero-order valence-electron chi connectivity index (χ0n) is 10.4. The molecule has 1 aromatic heterocycles. The van der Waals surface area contributed by atoms with Crippen molar-refractivity contribution in [2.45, 2.75) is 5.92 Å². The Bertz CT molecular complexity index is 494. The number of nitrogens with zero attached hydrogens (tertiary/aromatic N) is 2. The molecule has 2 heterocycles. The number of aromatic nitrogens is 2. The second-order valence-electron chi connectivity index (χ2n) is 4.36. The molecule has 0 radical (unpaired) electrons. The standard InChI is InChI=1S/C12H17N3O2S/c1-4-9-5-15(8(2)7-17-3)6-10(9)11-13-14-12(16)18-11/h4,9-10H,1-2,5-7H2,3H3,(H,14,16)/t9-,10+/m1/s1. The summed E-state index contributed by atoms with van der Waals surface area (Å²) in [7, 11) is 1.66. The second kappa shape index (κ2) is 5.49. The van der Waals surface area contributed by atoms with Crippen LogP contribution in [0, 0.1) is 5.92 Å². The van der Waals surface area contributed by atoms with Crippen LogP contribution < -0.4 is 4.87 Å². The third-order valence-corrected chi connectivity index (χ3v) is 4.08.